The summed E-state index contributed by atoms with van der Waals surface area (Å²) in [5.41, 5.74) is 5.71. The fraction of sp³-hybridized carbons (Fsp3) is 0.500. The van der Waals surface area contributed by atoms with E-state index in [4.69, 9.17) is 5.73 Å². The van der Waals surface area contributed by atoms with Crippen molar-refractivity contribution in [2.75, 3.05) is 5.73 Å². The summed E-state index contributed by atoms with van der Waals surface area (Å²) in [5, 5.41) is 1.11. The van der Waals surface area contributed by atoms with E-state index in [2.05, 4.69) is 24.9 Å². The van der Waals surface area contributed by atoms with E-state index in [1.165, 1.54) is 0 Å². The fourth-order valence-electron chi connectivity index (χ4n) is 0.887. The van der Waals surface area contributed by atoms with Crippen molar-refractivity contribution < 1.29 is 0 Å². The SMILES string of the molecule is C.CC/C=C/c1sc(CC)nc1N. The topological polar surface area (TPSA) is 38.9 Å². The van der Waals surface area contributed by atoms with Crippen LogP contribution in [0.15, 0.2) is 6.08 Å². The molecule has 0 fully saturated rings. The molecule has 1 aromatic heterocycles. The molecular formula is C10H18N2S. The number of nitrogens with two attached hydrogens (primary N) is 1. The highest BCUT2D eigenvalue weighted by atomic mass is 32.1. The second kappa shape index (κ2) is 5.75. The van der Waals surface area contributed by atoms with Gasteiger partial charge in [-0.2, -0.15) is 0 Å². The first-order chi connectivity index (χ1) is 5.77. The predicted octanol–water partition coefficient (Wildman–Crippen LogP) is 3.35. The molecule has 0 amide bonds. The Morgan fingerprint density at radius 1 is 1.46 bits per heavy atom. The van der Waals surface area contributed by atoms with E-state index in [1.54, 1.807) is 11.3 Å². The zero-order chi connectivity index (χ0) is 8.97. The third-order valence-corrected chi connectivity index (χ3v) is 2.71. The Balaban J connectivity index is 0.00000144. The molecule has 13 heavy (non-hydrogen) atoms. The second-order valence-corrected chi connectivity index (χ2v) is 3.64. The largest absolute Gasteiger partial charge is 0.382 e. The first kappa shape index (κ1) is 12.2. The highest BCUT2D eigenvalue weighted by Crippen LogP contribution is 2.22. The van der Waals surface area contributed by atoms with Gasteiger partial charge in [-0.1, -0.05) is 27.4 Å². The Morgan fingerprint density at radius 3 is 2.62 bits per heavy atom. The van der Waals surface area contributed by atoms with E-state index in [9.17, 15) is 0 Å². The van der Waals surface area contributed by atoms with Crippen LogP contribution >= 0.6 is 11.3 Å². The highest BCUT2D eigenvalue weighted by molar-refractivity contribution is 7.13. The summed E-state index contributed by atoms with van der Waals surface area (Å²) in [4.78, 5) is 5.32. The third kappa shape index (κ3) is 3.19. The van der Waals surface area contributed by atoms with Crippen molar-refractivity contribution >= 4 is 23.2 Å². The Bertz CT molecular complexity index is 276. The minimum Gasteiger partial charge on any atom is -0.382 e. The summed E-state index contributed by atoms with van der Waals surface area (Å²) in [5.74, 6) is 0.668. The Morgan fingerprint density at radius 2 is 2.15 bits per heavy atom. The molecule has 0 radical (unpaired) electrons. The Kier molecular flexibility index (Phi) is 5.39. The first-order valence-electron chi connectivity index (χ1n) is 4.19. The smallest absolute Gasteiger partial charge is 0.142 e. The summed E-state index contributed by atoms with van der Waals surface area (Å²) < 4.78 is 0. The molecule has 0 spiro atoms. The van der Waals surface area contributed by atoms with Gasteiger partial charge in [0.05, 0.1) is 9.88 Å². The summed E-state index contributed by atoms with van der Waals surface area (Å²) in [6, 6.07) is 0. The molecule has 74 valence electrons. The van der Waals surface area contributed by atoms with Crippen LogP contribution in [0.2, 0.25) is 0 Å². The standard InChI is InChI=1S/C9H14N2S.CH4/c1-3-5-6-7-9(10)11-8(4-2)12-7;/h5-6H,3-4,10H2,1-2H3;1H4/b6-5+;. The second-order valence-electron chi connectivity index (χ2n) is 2.52. The monoisotopic (exact) mass is 198 g/mol. The number of aryl methyl sites for hydroxylation is 1. The van der Waals surface area contributed by atoms with Gasteiger partial charge in [-0.05, 0) is 18.9 Å². The molecule has 0 aliphatic rings. The van der Waals surface area contributed by atoms with Gasteiger partial charge in [0.1, 0.15) is 5.82 Å². The van der Waals surface area contributed by atoms with Gasteiger partial charge in [0.15, 0.2) is 0 Å². The van der Waals surface area contributed by atoms with Crippen LogP contribution < -0.4 is 5.73 Å². The lowest BCUT2D eigenvalue weighted by atomic mass is 10.4. The molecule has 0 bridgehead atoms. The van der Waals surface area contributed by atoms with Crippen molar-refractivity contribution in [2.45, 2.75) is 34.1 Å². The quantitative estimate of drug-likeness (QED) is 0.809. The number of hydrogen-bond donors (Lipinski definition) is 1. The van der Waals surface area contributed by atoms with Gasteiger partial charge >= 0.3 is 0 Å². The molecule has 2 nitrogen and oxygen atoms in total. The van der Waals surface area contributed by atoms with Crippen LogP contribution in [0.5, 0.6) is 0 Å². The molecular weight excluding hydrogens is 180 g/mol. The molecule has 1 heterocycles. The maximum atomic E-state index is 5.71. The van der Waals surface area contributed by atoms with Crippen LogP contribution in [0.3, 0.4) is 0 Å². The summed E-state index contributed by atoms with van der Waals surface area (Å²) in [7, 11) is 0. The van der Waals surface area contributed by atoms with Crippen LogP contribution in [0.25, 0.3) is 6.08 Å². The van der Waals surface area contributed by atoms with Crippen molar-refractivity contribution in [3.63, 3.8) is 0 Å². The van der Waals surface area contributed by atoms with Gasteiger partial charge < -0.3 is 5.73 Å². The molecule has 1 rings (SSSR count). The van der Waals surface area contributed by atoms with Crippen molar-refractivity contribution in [1.29, 1.82) is 0 Å². The minimum absolute atomic E-state index is 0. The van der Waals surface area contributed by atoms with Crippen LogP contribution in [-0.4, -0.2) is 4.98 Å². The molecule has 3 heteroatoms. The lowest BCUT2D eigenvalue weighted by Gasteiger charge is -1.84. The zero-order valence-electron chi connectivity index (χ0n) is 7.50. The average molecular weight is 198 g/mol. The van der Waals surface area contributed by atoms with Gasteiger partial charge in [0, 0.05) is 0 Å². The van der Waals surface area contributed by atoms with E-state index in [0.717, 1.165) is 22.7 Å². The van der Waals surface area contributed by atoms with Crippen molar-refractivity contribution in [3.05, 3.63) is 16.0 Å². The molecule has 0 aliphatic carbocycles. The highest BCUT2D eigenvalue weighted by Gasteiger charge is 2.02. The van der Waals surface area contributed by atoms with Crippen molar-refractivity contribution in [3.8, 4) is 0 Å². The lowest BCUT2D eigenvalue weighted by molar-refractivity contribution is 1.10. The van der Waals surface area contributed by atoms with Crippen LogP contribution in [0.1, 0.15) is 37.6 Å². The Labute approximate surface area is 84.5 Å². The summed E-state index contributed by atoms with van der Waals surface area (Å²) in [6.45, 7) is 4.19. The van der Waals surface area contributed by atoms with Gasteiger partial charge in [0.25, 0.3) is 0 Å². The molecule has 0 aliphatic heterocycles. The molecule has 2 N–H and O–H groups in total. The number of aromatic nitrogens is 1. The lowest BCUT2D eigenvalue weighted by Crippen LogP contribution is -1.86. The number of allylic oxidation sites excluding steroid dienone is 1. The zero-order valence-corrected chi connectivity index (χ0v) is 8.32. The number of hydrogen-bond acceptors (Lipinski definition) is 3. The van der Waals surface area contributed by atoms with Crippen LogP contribution in [0.4, 0.5) is 5.82 Å². The van der Waals surface area contributed by atoms with Crippen LogP contribution in [-0.2, 0) is 6.42 Å². The van der Waals surface area contributed by atoms with Crippen molar-refractivity contribution in [1.82, 2.24) is 4.98 Å². The summed E-state index contributed by atoms with van der Waals surface area (Å²) in [6.07, 6.45) is 6.16. The Hall–Kier alpha value is -0.830. The molecule has 1 aromatic rings. The molecule has 0 saturated carbocycles. The van der Waals surface area contributed by atoms with E-state index in [0.29, 0.717) is 5.82 Å². The van der Waals surface area contributed by atoms with Crippen molar-refractivity contribution in [2.24, 2.45) is 0 Å². The fourth-order valence-corrected chi connectivity index (χ4v) is 1.74. The molecule has 0 atom stereocenters. The van der Waals surface area contributed by atoms with Gasteiger partial charge in [-0.15, -0.1) is 11.3 Å². The number of anilines is 1. The summed E-state index contributed by atoms with van der Waals surface area (Å²) >= 11 is 1.68. The maximum Gasteiger partial charge on any atom is 0.142 e. The van der Waals surface area contributed by atoms with E-state index in [-0.39, 0.29) is 7.43 Å². The van der Waals surface area contributed by atoms with Gasteiger partial charge in [-0.3, -0.25) is 0 Å². The molecule has 0 saturated heterocycles. The van der Waals surface area contributed by atoms with Crippen LogP contribution in [0, 0.1) is 0 Å². The number of rotatable bonds is 3. The number of nitrogens with zero attached hydrogens (tertiary/aromatic N) is 1. The predicted molar refractivity (Wildman–Crippen MR) is 62.0 cm³/mol. The van der Waals surface area contributed by atoms with E-state index < -0.39 is 0 Å². The molecule has 0 unspecified atom stereocenters. The minimum atomic E-state index is 0. The molecule has 0 aromatic carbocycles. The maximum absolute atomic E-state index is 5.71. The number of thiazole rings is 1. The average Bonchev–Trinajstić information content (AvgIpc) is 2.43. The first-order valence-corrected chi connectivity index (χ1v) is 5.01. The van der Waals surface area contributed by atoms with Gasteiger partial charge in [-0.25, -0.2) is 4.98 Å². The normalized spacial score (nSPS) is 10.3. The number of nitrogen functional groups attached to an aromatic ring is 1. The van der Waals surface area contributed by atoms with E-state index in [1.807, 2.05) is 6.08 Å². The third-order valence-electron chi connectivity index (χ3n) is 1.53. The van der Waals surface area contributed by atoms with E-state index >= 15 is 0 Å². The van der Waals surface area contributed by atoms with Gasteiger partial charge in [0.2, 0.25) is 0 Å².